The summed E-state index contributed by atoms with van der Waals surface area (Å²) in [5.41, 5.74) is 1.20. The average Bonchev–Trinajstić information content (AvgIpc) is 2.33. The number of rotatable bonds is 3. The molecule has 0 bridgehead atoms. The highest BCUT2D eigenvalue weighted by Gasteiger charge is 2.27. The van der Waals surface area contributed by atoms with Gasteiger partial charge in [-0.05, 0) is 37.2 Å². The zero-order valence-electron chi connectivity index (χ0n) is 7.89. The summed E-state index contributed by atoms with van der Waals surface area (Å²) in [5.74, 6) is 0.225. The first kappa shape index (κ1) is 9.24. The number of Topliss-reactive ketones (excluding diaryl/α,β-unsaturated/α-hetero) is 1. The Morgan fingerprint density at radius 1 is 1.83 bits per heavy atom. The van der Waals surface area contributed by atoms with Crippen LogP contribution < -0.4 is 0 Å². The Hall–Kier alpha value is -0.850. The fourth-order valence-electron chi connectivity index (χ4n) is 1.75. The van der Waals surface area contributed by atoms with Gasteiger partial charge in [0.1, 0.15) is 0 Å². The highest BCUT2D eigenvalue weighted by molar-refractivity contribution is 5.93. The second kappa shape index (κ2) is 3.26. The number of hydrogen-bond acceptors (Lipinski definition) is 1. The minimum Gasteiger partial charge on any atom is -0.295 e. The molecule has 1 nitrogen and oxygen atoms in total. The molecular formula is C11H16O. The molecule has 0 radical (unpaired) electrons. The summed E-state index contributed by atoms with van der Waals surface area (Å²) in [6.07, 6.45) is 7.06. The third-order valence-corrected chi connectivity index (χ3v) is 2.55. The lowest BCUT2D eigenvalue weighted by molar-refractivity contribution is -0.113. The van der Waals surface area contributed by atoms with E-state index in [1.165, 1.54) is 0 Å². The van der Waals surface area contributed by atoms with Crippen molar-refractivity contribution in [2.24, 2.45) is 5.41 Å². The molecular weight excluding hydrogens is 148 g/mol. The zero-order chi connectivity index (χ0) is 9.19. The number of carbonyl (C=O) groups excluding carboxylic acids is 1. The number of allylic oxidation sites excluding steroid dienone is 3. The lowest BCUT2D eigenvalue weighted by atomic mass is 9.87. The smallest absolute Gasteiger partial charge is 0.155 e. The lowest BCUT2D eigenvalue weighted by Crippen LogP contribution is -2.06. The Morgan fingerprint density at radius 2 is 2.50 bits per heavy atom. The van der Waals surface area contributed by atoms with E-state index >= 15 is 0 Å². The Morgan fingerprint density at radius 3 is 2.92 bits per heavy atom. The highest BCUT2D eigenvalue weighted by Crippen LogP contribution is 2.38. The minimum atomic E-state index is 0.197. The van der Waals surface area contributed by atoms with Crippen molar-refractivity contribution in [2.75, 3.05) is 0 Å². The highest BCUT2D eigenvalue weighted by atomic mass is 16.1. The molecule has 1 aliphatic rings. The summed E-state index contributed by atoms with van der Waals surface area (Å²) in [6, 6.07) is 0. The molecule has 1 atom stereocenters. The van der Waals surface area contributed by atoms with Gasteiger partial charge in [0.25, 0.3) is 0 Å². The monoisotopic (exact) mass is 164 g/mol. The van der Waals surface area contributed by atoms with Crippen LogP contribution in [-0.4, -0.2) is 5.78 Å². The van der Waals surface area contributed by atoms with Gasteiger partial charge >= 0.3 is 0 Å². The van der Waals surface area contributed by atoms with Gasteiger partial charge in [-0.3, -0.25) is 4.79 Å². The van der Waals surface area contributed by atoms with Gasteiger partial charge in [-0.2, -0.15) is 0 Å². The normalized spacial score (nSPS) is 28.3. The first-order valence-electron chi connectivity index (χ1n) is 4.41. The number of ketones is 1. The Balaban J connectivity index is 2.74. The lowest BCUT2D eigenvalue weighted by Gasteiger charge is -2.18. The number of carbonyl (C=O) groups is 1. The molecule has 1 aliphatic carbocycles. The van der Waals surface area contributed by atoms with Crippen molar-refractivity contribution in [3.63, 3.8) is 0 Å². The maximum Gasteiger partial charge on any atom is 0.155 e. The van der Waals surface area contributed by atoms with E-state index in [1.807, 2.05) is 6.08 Å². The molecule has 0 aromatic rings. The largest absolute Gasteiger partial charge is 0.295 e. The molecule has 0 aromatic heterocycles. The molecule has 0 unspecified atom stereocenters. The van der Waals surface area contributed by atoms with Crippen molar-refractivity contribution >= 4 is 5.78 Å². The Bertz CT molecular complexity index is 237. The van der Waals surface area contributed by atoms with E-state index in [0.717, 1.165) is 24.8 Å². The van der Waals surface area contributed by atoms with Crippen molar-refractivity contribution in [1.29, 1.82) is 0 Å². The summed E-state index contributed by atoms with van der Waals surface area (Å²) in [5, 5.41) is 0. The topological polar surface area (TPSA) is 17.1 Å². The van der Waals surface area contributed by atoms with Crippen LogP contribution in [0, 0.1) is 5.41 Å². The van der Waals surface area contributed by atoms with E-state index in [4.69, 9.17) is 0 Å². The van der Waals surface area contributed by atoms with Gasteiger partial charge in [0, 0.05) is 0 Å². The Labute approximate surface area is 74.2 Å². The van der Waals surface area contributed by atoms with Gasteiger partial charge in [-0.25, -0.2) is 0 Å². The molecule has 0 spiro atoms. The predicted octanol–water partition coefficient (Wildman–Crippen LogP) is 2.88. The quantitative estimate of drug-likeness (QED) is 0.586. The summed E-state index contributed by atoms with van der Waals surface area (Å²) in [6.45, 7) is 7.55. The molecule has 1 heteroatoms. The van der Waals surface area contributed by atoms with Crippen LogP contribution >= 0.6 is 0 Å². The minimum absolute atomic E-state index is 0.197. The molecule has 0 saturated carbocycles. The van der Waals surface area contributed by atoms with Crippen molar-refractivity contribution in [3.05, 3.63) is 24.3 Å². The van der Waals surface area contributed by atoms with Crippen LogP contribution in [0.1, 0.15) is 33.1 Å². The molecule has 0 aromatic carbocycles. The fraction of sp³-hybridized carbons (Fsp3) is 0.545. The van der Waals surface area contributed by atoms with Gasteiger partial charge in [0.05, 0.1) is 0 Å². The second-order valence-electron chi connectivity index (χ2n) is 3.87. The van der Waals surface area contributed by atoms with Gasteiger partial charge in [-0.1, -0.05) is 19.1 Å². The van der Waals surface area contributed by atoms with Gasteiger partial charge in [-0.15, -0.1) is 6.58 Å². The van der Waals surface area contributed by atoms with Crippen molar-refractivity contribution in [3.8, 4) is 0 Å². The van der Waals surface area contributed by atoms with Crippen LogP contribution in [0.4, 0.5) is 0 Å². The van der Waals surface area contributed by atoms with Gasteiger partial charge < -0.3 is 0 Å². The first-order chi connectivity index (χ1) is 5.57. The molecule has 0 saturated heterocycles. The molecule has 12 heavy (non-hydrogen) atoms. The SMILES string of the molecule is C=CC[C@@]1(C)C=C(C(C)=O)CC1. The van der Waals surface area contributed by atoms with Crippen molar-refractivity contribution < 1.29 is 4.79 Å². The van der Waals surface area contributed by atoms with Crippen LogP contribution in [0.15, 0.2) is 24.3 Å². The van der Waals surface area contributed by atoms with Crippen LogP contribution in [0.2, 0.25) is 0 Å². The molecule has 0 amide bonds. The van der Waals surface area contributed by atoms with E-state index < -0.39 is 0 Å². The number of hydrogen-bond donors (Lipinski definition) is 0. The summed E-state index contributed by atoms with van der Waals surface area (Å²) in [4.78, 5) is 11.0. The Kier molecular flexibility index (Phi) is 2.51. The van der Waals surface area contributed by atoms with Crippen molar-refractivity contribution in [1.82, 2.24) is 0 Å². The van der Waals surface area contributed by atoms with E-state index in [0.29, 0.717) is 0 Å². The van der Waals surface area contributed by atoms with E-state index in [1.54, 1.807) is 6.92 Å². The van der Waals surface area contributed by atoms with E-state index in [9.17, 15) is 4.79 Å². The van der Waals surface area contributed by atoms with E-state index in [-0.39, 0.29) is 11.2 Å². The summed E-state index contributed by atoms with van der Waals surface area (Å²) in [7, 11) is 0. The average molecular weight is 164 g/mol. The molecule has 0 heterocycles. The van der Waals surface area contributed by atoms with Gasteiger partial charge in [0.15, 0.2) is 5.78 Å². The maximum atomic E-state index is 11.0. The van der Waals surface area contributed by atoms with Crippen LogP contribution in [0.25, 0.3) is 0 Å². The van der Waals surface area contributed by atoms with Crippen molar-refractivity contribution in [2.45, 2.75) is 33.1 Å². The van der Waals surface area contributed by atoms with Crippen LogP contribution in [-0.2, 0) is 4.79 Å². The zero-order valence-corrected chi connectivity index (χ0v) is 7.89. The molecule has 66 valence electrons. The predicted molar refractivity (Wildman–Crippen MR) is 50.9 cm³/mol. The summed E-state index contributed by atoms with van der Waals surface area (Å²) < 4.78 is 0. The second-order valence-corrected chi connectivity index (χ2v) is 3.87. The summed E-state index contributed by atoms with van der Waals surface area (Å²) >= 11 is 0. The van der Waals surface area contributed by atoms with Crippen LogP contribution in [0.3, 0.4) is 0 Å². The van der Waals surface area contributed by atoms with Gasteiger partial charge in [0.2, 0.25) is 0 Å². The third-order valence-electron chi connectivity index (χ3n) is 2.55. The molecule has 1 rings (SSSR count). The fourth-order valence-corrected chi connectivity index (χ4v) is 1.75. The molecule has 0 aliphatic heterocycles. The third kappa shape index (κ3) is 1.84. The standard InChI is InChI=1S/C11H16O/c1-4-6-11(3)7-5-10(8-11)9(2)12/h4,8H,1,5-7H2,2-3H3/t11-/m1/s1. The van der Waals surface area contributed by atoms with E-state index in [2.05, 4.69) is 19.6 Å². The van der Waals surface area contributed by atoms with Crippen LogP contribution in [0.5, 0.6) is 0 Å². The first-order valence-corrected chi connectivity index (χ1v) is 4.41. The molecule has 0 N–H and O–H groups in total. The molecule has 0 fully saturated rings. The maximum absolute atomic E-state index is 11.0.